The largest absolute Gasteiger partial charge is 0.343 e. The Bertz CT molecular complexity index is 781. The van der Waals surface area contributed by atoms with E-state index < -0.39 is 0 Å². The van der Waals surface area contributed by atoms with Crippen molar-refractivity contribution < 1.29 is 0 Å². The summed E-state index contributed by atoms with van der Waals surface area (Å²) >= 11 is 0. The minimum Gasteiger partial charge on any atom is -0.343 e. The van der Waals surface area contributed by atoms with E-state index in [9.17, 15) is 0 Å². The zero-order valence-corrected chi connectivity index (χ0v) is 8.36. The summed E-state index contributed by atoms with van der Waals surface area (Å²) in [6.45, 7) is 0. The van der Waals surface area contributed by atoms with Crippen molar-refractivity contribution in [1.82, 2.24) is 40.8 Å². The highest BCUT2D eigenvalue weighted by Gasteiger charge is 2.13. The molecule has 0 saturated heterocycles. The Hall–Kier alpha value is -2.77. The summed E-state index contributed by atoms with van der Waals surface area (Å²) in [6.07, 6.45) is 4.84. The van der Waals surface area contributed by atoms with Gasteiger partial charge in [0.1, 0.15) is 16.6 Å². The van der Waals surface area contributed by atoms with Crippen LogP contribution in [0.4, 0.5) is 0 Å². The molecule has 4 rings (SSSR count). The molecule has 8 heteroatoms. The Morgan fingerprint density at radius 1 is 0.824 bits per heavy atom. The summed E-state index contributed by atoms with van der Waals surface area (Å²) in [5, 5.41) is 24.5. The fourth-order valence-electron chi connectivity index (χ4n) is 1.95. The van der Waals surface area contributed by atoms with E-state index in [-0.39, 0.29) is 0 Å². The lowest BCUT2D eigenvalue weighted by atomic mass is 10.1. The van der Waals surface area contributed by atoms with Crippen molar-refractivity contribution in [1.29, 1.82) is 0 Å². The first-order valence-corrected chi connectivity index (χ1v) is 4.86. The van der Waals surface area contributed by atoms with Gasteiger partial charge in [0.15, 0.2) is 0 Å². The van der Waals surface area contributed by atoms with Gasteiger partial charge in [0.2, 0.25) is 0 Å². The first-order valence-electron chi connectivity index (χ1n) is 4.86. The van der Waals surface area contributed by atoms with Crippen LogP contribution in [0.3, 0.4) is 0 Å². The molecule has 0 atom stereocenters. The number of H-pyrrole nitrogens is 1. The maximum atomic E-state index is 4.25. The summed E-state index contributed by atoms with van der Waals surface area (Å²) in [7, 11) is 0. The van der Waals surface area contributed by atoms with E-state index in [0.29, 0.717) is 11.0 Å². The van der Waals surface area contributed by atoms with Crippen molar-refractivity contribution in [2.24, 2.45) is 0 Å². The van der Waals surface area contributed by atoms with Crippen LogP contribution in [0.25, 0.3) is 32.8 Å². The highest BCUT2D eigenvalue weighted by atomic mass is 15.3. The summed E-state index contributed by atoms with van der Waals surface area (Å²) in [5.74, 6) is 0. The molecular weight excluding hydrogens is 220 g/mol. The number of aromatic amines is 1. The fraction of sp³-hybridized carbons (Fsp3) is 0. The SMILES string of the molecule is c1nc2c3cnnnc3c3cnnnc3c2[nH]1. The Labute approximate surface area is 93.1 Å². The monoisotopic (exact) mass is 224 g/mol. The van der Waals surface area contributed by atoms with Gasteiger partial charge in [0.25, 0.3) is 0 Å². The van der Waals surface area contributed by atoms with Crippen molar-refractivity contribution in [3.63, 3.8) is 0 Å². The van der Waals surface area contributed by atoms with Crippen molar-refractivity contribution in [2.75, 3.05) is 0 Å². The molecule has 3 aromatic heterocycles. The average molecular weight is 224 g/mol. The summed E-state index contributed by atoms with van der Waals surface area (Å²) in [6, 6.07) is 0. The third kappa shape index (κ3) is 0.982. The highest BCUT2D eigenvalue weighted by Crippen LogP contribution is 2.28. The van der Waals surface area contributed by atoms with Gasteiger partial charge in [0, 0.05) is 0 Å². The zero-order chi connectivity index (χ0) is 11.2. The number of aromatic nitrogens is 8. The first-order chi connectivity index (χ1) is 8.45. The normalized spacial score (nSPS) is 11.5. The van der Waals surface area contributed by atoms with Gasteiger partial charge in [-0.2, -0.15) is 0 Å². The van der Waals surface area contributed by atoms with Gasteiger partial charge in [-0.15, -0.1) is 20.4 Å². The van der Waals surface area contributed by atoms with Gasteiger partial charge in [-0.25, -0.2) is 4.98 Å². The molecule has 1 aromatic carbocycles. The number of rotatable bonds is 0. The Kier molecular flexibility index (Phi) is 1.42. The van der Waals surface area contributed by atoms with Crippen molar-refractivity contribution in [2.45, 2.75) is 0 Å². The lowest BCUT2D eigenvalue weighted by molar-refractivity contribution is 0.887. The number of nitrogens with zero attached hydrogens (tertiary/aromatic N) is 7. The fourth-order valence-corrected chi connectivity index (χ4v) is 1.95. The molecule has 80 valence electrons. The Morgan fingerprint density at radius 3 is 2.35 bits per heavy atom. The third-order valence-electron chi connectivity index (χ3n) is 2.66. The maximum absolute atomic E-state index is 4.25. The van der Waals surface area contributed by atoms with Crippen LogP contribution >= 0.6 is 0 Å². The van der Waals surface area contributed by atoms with Crippen molar-refractivity contribution >= 4 is 32.8 Å². The van der Waals surface area contributed by atoms with Gasteiger partial charge < -0.3 is 4.98 Å². The third-order valence-corrected chi connectivity index (χ3v) is 2.66. The van der Waals surface area contributed by atoms with Gasteiger partial charge in [-0.1, -0.05) is 0 Å². The molecule has 4 aromatic rings. The van der Waals surface area contributed by atoms with Crippen LogP contribution < -0.4 is 0 Å². The number of hydrogen-bond acceptors (Lipinski definition) is 7. The molecule has 0 spiro atoms. The van der Waals surface area contributed by atoms with Crippen molar-refractivity contribution in [3.05, 3.63) is 18.7 Å². The van der Waals surface area contributed by atoms with Crippen LogP contribution in [-0.4, -0.2) is 40.8 Å². The van der Waals surface area contributed by atoms with E-state index in [4.69, 9.17) is 0 Å². The highest BCUT2D eigenvalue weighted by molar-refractivity contribution is 6.19. The molecule has 8 nitrogen and oxygen atoms in total. The average Bonchev–Trinajstić information content (AvgIpc) is 2.89. The van der Waals surface area contributed by atoms with Crippen LogP contribution in [-0.2, 0) is 0 Å². The predicted octanol–water partition coefficient (Wildman–Crippen LogP) is 0.239. The second-order valence-electron chi connectivity index (χ2n) is 3.52. The zero-order valence-electron chi connectivity index (χ0n) is 8.36. The van der Waals surface area contributed by atoms with E-state index in [0.717, 1.165) is 21.8 Å². The number of nitrogens with one attached hydrogen (secondary N) is 1. The van der Waals surface area contributed by atoms with Crippen LogP contribution in [0.2, 0.25) is 0 Å². The summed E-state index contributed by atoms with van der Waals surface area (Å²) in [5.41, 5.74) is 2.92. The summed E-state index contributed by atoms with van der Waals surface area (Å²) in [4.78, 5) is 7.28. The molecular formula is C9H4N8. The number of benzene rings is 1. The van der Waals surface area contributed by atoms with Crippen molar-refractivity contribution in [3.8, 4) is 0 Å². The van der Waals surface area contributed by atoms with Crippen LogP contribution in [0.15, 0.2) is 18.7 Å². The molecule has 0 bridgehead atoms. The van der Waals surface area contributed by atoms with Gasteiger partial charge in [0.05, 0.1) is 35.0 Å². The second kappa shape index (κ2) is 2.88. The number of fused-ring (bicyclic) bond motifs is 6. The molecule has 17 heavy (non-hydrogen) atoms. The van der Waals surface area contributed by atoms with E-state index in [2.05, 4.69) is 40.8 Å². The molecule has 0 saturated carbocycles. The quantitative estimate of drug-likeness (QED) is 0.426. The molecule has 0 fully saturated rings. The van der Waals surface area contributed by atoms with E-state index in [1.165, 1.54) is 0 Å². The molecule has 0 radical (unpaired) electrons. The maximum Gasteiger partial charge on any atom is 0.124 e. The molecule has 0 aliphatic heterocycles. The lowest BCUT2D eigenvalue weighted by Crippen LogP contribution is -1.94. The molecule has 0 aliphatic carbocycles. The topological polar surface area (TPSA) is 106 Å². The van der Waals surface area contributed by atoms with E-state index in [1.807, 2.05) is 0 Å². The van der Waals surface area contributed by atoms with Gasteiger partial charge >= 0.3 is 0 Å². The molecule has 0 aliphatic rings. The molecule has 0 unspecified atom stereocenters. The summed E-state index contributed by atoms with van der Waals surface area (Å²) < 4.78 is 0. The van der Waals surface area contributed by atoms with Gasteiger partial charge in [-0.3, -0.25) is 0 Å². The number of imidazole rings is 1. The van der Waals surface area contributed by atoms with Crippen LogP contribution in [0.5, 0.6) is 0 Å². The van der Waals surface area contributed by atoms with Gasteiger partial charge in [-0.05, 0) is 10.4 Å². The lowest BCUT2D eigenvalue weighted by Gasteiger charge is -2.00. The van der Waals surface area contributed by atoms with Crippen LogP contribution in [0, 0.1) is 0 Å². The minimum atomic E-state index is 0.678. The molecule has 0 amide bonds. The smallest absolute Gasteiger partial charge is 0.124 e. The molecule has 1 N–H and O–H groups in total. The minimum absolute atomic E-state index is 0.678. The number of hydrogen-bond donors (Lipinski definition) is 1. The first kappa shape index (κ1) is 8.39. The standard InChI is InChI=1S/C9H4N8/c1-4-6(14-16-12-1)5-2-13-17-15-8(5)9-7(4)10-3-11-9/h1-3H,(H,10,11). The van der Waals surface area contributed by atoms with Crippen LogP contribution in [0.1, 0.15) is 0 Å². The Morgan fingerprint density at radius 2 is 1.53 bits per heavy atom. The Balaban J connectivity index is 2.48. The molecule has 3 heterocycles. The van der Waals surface area contributed by atoms with E-state index >= 15 is 0 Å². The van der Waals surface area contributed by atoms with E-state index in [1.54, 1.807) is 18.7 Å². The second-order valence-corrected chi connectivity index (χ2v) is 3.52. The predicted molar refractivity (Wildman–Crippen MR) is 57.9 cm³/mol.